The highest BCUT2D eigenvalue weighted by atomic mass is 35.5. The van der Waals surface area contributed by atoms with Crippen molar-refractivity contribution in [2.45, 2.75) is 38.8 Å². The van der Waals surface area contributed by atoms with Gasteiger partial charge in [0.1, 0.15) is 0 Å². The van der Waals surface area contributed by atoms with E-state index in [0.717, 1.165) is 30.7 Å². The molecule has 0 amide bonds. The fourth-order valence-corrected chi connectivity index (χ4v) is 4.52. The van der Waals surface area contributed by atoms with E-state index in [-0.39, 0.29) is 18.1 Å². The molecule has 0 saturated carbocycles. The first kappa shape index (κ1) is 18.3. The van der Waals surface area contributed by atoms with E-state index in [1.54, 1.807) is 19.1 Å². The molecule has 2 heterocycles. The standard InChI is InChI=1S/C22H24ClNO3/c1-3-26-22(25)14-7-8-15(18(23)12-14)20-16-5-4-10-27-21(16)17-11-13(2)6-9-19(17)24-20/h6-9,11-12,16,20-21,24H,3-5,10H2,1-2H3/t16-,20-,21-/m1/s1. The molecule has 4 nitrogen and oxygen atoms in total. The van der Waals surface area contributed by atoms with Gasteiger partial charge >= 0.3 is 5.97 Å². The van der Waals surface area contributed by atoms with Crippen molar-refractivity contribution in [1.29, 1.82) is 0 Å². The summed E-state index contributed by atoms with van der Waals surface area (Å²) < 4.78 is 11.3. The summed E-state index contributed by atoms with van der Waals surface area (Å²) in [7, 11) is 0. The molecule has 0 spiro atoms. The molecular formula is C22H24ClNO3. The molecule has 5 heteroatoms. The van der Waals surface area contributed by atoms with Crippen molar-refractivity contribution in [1.82, 2.24) is 0 Å². The van der Waals surface area contributed by atoms with Crippen LogP contribution < -0.4 is 5.32 Å². The summed E-state index contributed by atoms with van der Waals surface area (Å²) in [5.41, 5.74) is 5.04. The van der Waals surface area contributed by atoms with Crippen LogP contribution in [0.3, 0.4) is 0 Å². The largest absolute Gasteiger partial charge is 0.462 e. The summed E-state index contributed by atoms with van der Waals surface area (Å²) in [6, 6.07) is 11.9. The third kappa shape index (κ3) is 3.44. The molecule has 1 N–H and O–H groups in total. The molecule has 0 bridgehead atoms. The predicted octanol–water partition coefficient (Wildman–Crippen LogP) is 5.46. The molecule has 3 atom stereocenters. The zero-order chi connectivity index (χ0) is 19.0. The molecular weight excluding hydrogens is 362 g/mol. The third-order valence-corrected chi connectivity index (χ3v) is 5.79. The Bertz CT molecular complexity index is 867. The van der Waals surface area contributed by atoms with Gasteiger partial charge in [-0.05, 0) is 50.5 Å². The maximum atomic E-state index is 12.0. The van der Waals surface area contributed by atoms with E-state index in [9.17, 15) is 4.79 Å². The number of anilines is 1. The fourth-order valence-electron chi connectivity index (χ4n) is 4.22. The first-order chi connectivity index (χ1) is 13.1. The van der Waals surface area contributed by atoms with Gasteiger partial charge in [-0.25, -0.2) is 4.79 Å². The molecule has 2 aromatic rings. The maximum Gasteiger partial charge on any atom is 0.338 e. The molecule has 27 heavy (non-hydrogen) atoms. The average Bonchev–Trinajstić information content (AvgIpc) is 2.68. The summed E-state index contributed by atoms with van der Waals surface area (Å²) in [5.74, 6) is -0.0405. The maximum absolute atomic E-state index is 12.0. The van der Waals surface area contributed by atoms with Crippen LogP contribution in [-0.2, 0) is 9.47 Å². The number of aryl methyl sites for hydroxylation is 1. The van der Waals surface area contributed by atoms with E-state index in [4.69, 9.17) is 21.1 Å². The number of benzene rings is 2. The van der Waals surface area contributed by atoms with Gasteiger partial charge in [0.15, 0.2) is 0 Å². The highest BCUT2D eigenvalue weighted by Gasteiger charge is 2.40. The van der Waals surface area contributed by atoms with Gasteiger partial charge in [0.25, 0.3) is 0 Å². The number of ether oxygens (including phenoxy) is 2. The van der Waals surface area contributed by atoms with Crippen LogP contribution in [0.5, 0.6) is 0 Å². The summed E-state index contributed by atoms with van der Waals surface area (Å²) in [6.07, 6.45) is 2.19. The van der Waals surface area contributed by atoms with Crippen LogP contribution in [-0.4, -0.2) is 19.2 Å². The minimum atomic E-state index is -0.345. The van der Waals surface area contributed by atoms with Gasteiger partial charge in [-0.2, -0.15) is 0 Å². The first-order valence-corrected chi connectivity index (χ1v) is 9.91. The van der Waals surface area contributed by atoms with Crippen molar-refractivity contribution in [3.8, 4) is 0 Å². The normalized spacial score (nSPS) is 23.7. The molecule has 2 aliphatic rings. The molecule has 2 aromatic carbocycles. The van der Waals surface area contributed by atoms with Gasteiger partial charge in [0.05, 0.1) is 24.3 Å². The lowest BCUT2D eigenvalue weighted by Crippen LogP contribution is -2.36. The quantitative estimate of drug-likeness (QED) is 0.712. The van der Waals surface area contributed by atoms with Crippen LogP contribution in [0, 0.1) is 12.8 Å². The van der Waals surface area contributed by atoms with Crippen molar-refractivity contribution < 1.29 is 14.3 Å². The van der Waals surface area contributed by atoms with Crippen molar-refractivity contribution in [3.05, 3.63) is 63.7 Å². The van der Waals surface area contributed by atoms with E-state index in [0.29, 0.717) is 23.1 Å². The Kier molecular flexibility index (Phi) is 5.11. The molecule has 0 unspecified atom stereocenters. The summed E-state index contributed by atoms with van der Waals surface area (Å²) in [4.78, 5) is 12.0. The van der Waals surface area contributed by atoms with Crippen molar-refractivity contribution in [2.24, 2.45) is 5.92 Å². The Morgan fingerprint density at radius 3 is 2.89 bits per heavy atom. The molecule has 1 fully saturated rings. The van der Waals surface area contributed by atoms with Crippen LogP contribution in [0.4, 0.5) is 5.69 Å². The van der Waals surface area contributed by atoms with Crippen molar-refractivity contribution >= 4 is 23.3 Å². The molecule has 0 radical (unpaired) electrons. The van der Waals surface area contributed by atoms with Crippen LogP contribution in [0.2, 0.25) is 5.02 Å². The second kappa shape index (κ2) is 7.53. The Morgan fingerprint density at radius 2 is 2.11 bits per heavy atom. The zero-order valence-electron chi connectivity index (χ0n) is 15.6. The molecule has 0 aliphatic carbocycles. The number of hydrogen-bond donors (Lipinski definition) is 1. The van der Waals surface area contributed by atoms with E-state index >= 15 is 0 Å². The Morgan fingerprint density at radius 1 is 1.26 bits per heavy atom. The smallest absolute Gasteiger partial charge is 0.338 e. The molecule has 4 rings (SSSR count). The fraction of sp³-hybridized carbons (Fsp3) is 0.409. The second-order valence-electron chi connectivity index (χ2n) is 7.27. The van der Waals surface area contributed by atoms with Crippen LogP contribution >= 0.6 is 11.6 Å². The predicted molar refractivity (Wildman–Crippen MR) is 106 cm³/mol. The number of halogens is 1. The Hall–Kier alpha value is -2.04. The minimum absolute atomic E-state index is 0.0502. The van der Waals surface area contributed by atoms with E-state index in [1.807, 2.05) is 6.07 Å². The lowest BCUT2D eigenvalue weighted by Gasteiger charge is -2.43. The number of esters is 1. The van der Waals surface area contributed by atoms with E-state index < -0.39 is 0 Å². The summed E-state index contributed by atoms with van der Waals surface area (Å²) in [5, 5.41) is 4.26. The van der Waals surface area contributed by atoms with E-state index in [2.05, 4.69) is 30.4 Å². The lowest BCUT2D eigenvalue weighted by molar-refractivity contribution is -0.0381. The number of nitrogens with one attached hydrogen (secondary N) is 1. The highest BCUT2D eigenvalue weighted by molar-refractivity contribution is 6.31. The monoisotopic (exact) mass is 385 g/mol. The SMILES string of the molecule is CCOC(=O)c1ccc([C@H]2Nc3ccc(C)cc3[C@@H]3OCCC[C@H]23)c(Cl)c1. The number of carbonyl (C=O) groups is 1. The number of hydrogen-bond acceptors (Lipinski definition) is 4. The van der Waals surface area contributed by atoms with Gasteiger partial charge in [0.2, 0.25) is 0 Å². The minimum Gasteiger partial charge on any atom is -0.462 e. The Labute approximate surface area is 164 Å². The number of fused-ring (bicyclic) bond motifs is 3. The summed E-state index contributed by atoms with van der Waals surface area (Å²) in [6.45, 7) is 5.04. The zero-order valence-corrected chi connectivity index (χ0v) is 16.4. The third-order valence-electron chi connectivity index (χ3n) is 5.47. The topological polar surface area (TPSA) is 47.6 Å². The Balaban J connectivity index is 1.71. The molecule has 142 valence electrons. The number of carbonyl (C=O) groups excluding carboxylic acids is 1. The molecule has 1 saturated heterocycles. The van der Waals surface area contributed by atoms with Crippen molar-refractivity contribution in [3.63, 3.8) is 0 Å². The lowest BCUT2D eigenvalue weighted by atomic mass is 9.77. The average molecular weight is 386 g/mol. The highest BCUT2D eigenvalue weighted by Crippen LogP contribution is 2.50. The van der Waals surface area contributed by atoms with Crippen LogP contribution in [0.25, 0.3) is 0 Å². The van der Waals surface area contributed by atoms with Gasteiger partial charge in [-0.15, -0.1) is 0 Å². The van der Waals surface area contributed by atoms with E-state index in [1.165, 1.54) is 11.1 Å². The summed E-state index contributed by atoms with van der Waals surface area (Å²) >= 11 is 6.60. The van der Waals surface area contributed by atoms with Crippen LogP contribution in [0.15, 0.2) is 36.4 Å². The van der Waals surface area contributed by atoms with Gasteiger partial charge in [-0.3, -0.25) is 0 Å². The van der Waals surface area contributed by atoms with Crippen LogP contribution in [0.1, 0.15) is 59.0 Å². The van der Waals surface area contributed by atoms with Gasteiger partial charge in [0, 0.05) is 28.8 Å². The number of rotatable bonds is 3. The second-order valence-corrected chi connectivity index (χ2v) is 7.67. The van der Waals surface area contributed by atoms with Gasteiger partial charge in [-0.1, -0.05) is 35.4 Å². The molecule has 2 aliphatic heterocycles. The first-order valence-electron chi connectivity index (χ1n) is 9.53. The van der Waals surface area contributed by atoms with Gasteiger partial charge < -0.3 is 14.8 Å². The van der Waals surface area contributed by atoms with Crippen molar-refractivity contribution in [2.75, 3.05) is 18.5 Å². The molecule has 0 aromatic heterocycles.